The molecule has 1 aromatic carbocycles. The van der Waals surface area contributed by atoms with Crippen molar-refractivity contribution in [2.45, 2.75) is 37.6 Å². The largest absolute Gasteiger partial charge is 0.495 e. The summed E-state index contributed by atoms with van der Waals surface area (Å²) < 4.78 is 78.5. The van der Waals surface area contributed by atoms with E-state index >= 15 is 0 Å². The van der Waals surface area contributed by atoms with Crippen LogP contribution in [0.25, 0.3) is 0 Å². The molecule has 0 atom stereocenters. The fourth-order valence-corrected chi connectivity index (χ4v) is 4.35. The minimum atomic E-state index is -4.59. The fourth-order valence-electron chi connectivity index (χ4n) is 3.08. The number of aryl methyl sites for hydroxylation is 1. The third-order valence-electron chi connectivity index (χ3n) is 4.39. The van der Waals surface area contributed by atoms with Crippen molar-refractivity contribution in [3.8, 4) is 5.75 Å². The third kappa shape index (κ3) is 4.15. The van der Waals surface area contributed by atoms with E-state index < -0.39 is 21.9 Å². The van der Waals surface area contributed by atoms with Gasteiger partial charge in [-0.1, -0.05) is 6.07 Å². The molecule has 3 rings (SSSR count). The molecule has 1 aliphatic heterocycles. The molecule has 11 heteroatoms. The lowest BCUT2D eigenvalue weighted by Crippen LogP contribution is -2.29. The van der Waals surface area contributed by atoms with Crippen LogP contribution in [0.1, 0.15) is 22.5 Å². The molecule has 28 heavy (non-hydrogen) atoms. The summed E-state index contributed by atoms with van der Waals surface area (Å²) in [6.45, 7) is 1.73. The Morgan fingerprint density at radius 2 is 2.11 bits per heavy atom. The van der Waals surface area contributed by atoms with Gasteiger partial charge in [-0.2, -0.15) is 18.3 Å². The quantitative estimate of drug-likeness (QED) is 0.777. The zero-order valence-electron chi connectivity index (χ0n) is 15.3. The Labute approximate surface area is 160 Å². The van der Waals surface area contributed by atoms with Gasteiger partial charge in [0.25, 0.3) is 0 Å². The van der Waals surface area contributed by atoms with E-state index in [2.05, 4.69) is 9.82 Å². The van der Waals surface area contributed by atoms with Crippen LogP contribution in [0.2, 0.25) is 0 Å². The number of fused-ring (bicyclic) bond motifs is 1. The van der Waals surface area contributed by atoms with Gasteiger partial charge in [-0.05, 0) is 24.6 Å². The summed E-state index contributed by atoms with van der Waals surface area (Å²) in [7, 11) is -2.54. The molecule has 0 radical (unpaired) electrons. The first kappa shape index (κ1) is 20.6. The van der Waals surface area contributed by atoms with Gasteiger partial charge in [0, 0.05) is 24.2 Å². The van der Waals surface area contributed by atoms with Gasteiger partial charge < -0.3 is 9.47 Å². The standard InChI is InChI=1S/C17H20F3N3O4S/c1-11-3-4-14(26-2)15(9-11)28(24,25)21-6-7-23-13-5-8-27-10-12(13)16(22-23)17(18,19)20/h3-4,9,21H,5-8,10H2,1-2H3. The third-order valence-corrected chi connectivity index (χ3v) is 5.87. The first-order valence-corrected chi connectivity index (χ1v) is 9.99. The van der Waals surface area contributed by atoms with Crippen LogP contribution in [0, 0.1) is 6.92 Å². The van der Waals surface area contributed by atoms with Gasteiger partial charge in [0.2, 0.25) is 10.0 Å². The summed E-state index contributed by atoms with van der Waals surface area (Å²) in [5, 5.41) is 3.66. The number of sulfonamides is 1. The van der Waals surface area contributed by atoms with Crippen LogP contribution >= 0.6 is 0 Å². The predicted octanol–water partition coefficient (Wildman–Crippen LogP) is 2.27. The smallest absolute Gasteiger partial charge is 0.435 e. The van der Waals surface area contributed by atoms with Gasteiger partial charge >= 0.3 is 6.18 Å². The lowest BCUT2D eigenvalue weighted by molar-refractivity contribution is -0.142. The number of hydrogen-bond donors (Lipinski definition) is 1. The topological polar surface area (TPSA) is 82.5 Å². The van der Waals surface area contributed by atoms with Crippen LogP contribution < -0.4 is 9.46 Å². The highest BCUT2D eigenvalue weighted by Gasteiger charge is 2.39. The molecular formula is C17H20F3N3O4S. The summed E-state index contributed by atoms with van der Waals surface area (Å²) in [5.41, 5.74) is 0.190. The Bertz CT molecular complexity index is 971. The molecule has 1 aliphatic rings. The minimum absolute atomic E-state index is 0.0157. The summed E-state index contributed by atoms with van der Waals surface area (Å²) in [5.74, 6) is 0.186. The molecule has 2 heterocycles. The molecular weight excluding hydrogens is 399 g/mol. The highest BCUT2D eigenvalue weighted by atomic mass is 32.2. The number of benzene rings is 1. The number of halogens is 3. The molecule has 154 valence electrons. The average Bonchev–Trinajstić information content (AvgIpc) is 3.01. The Balaban J connectivity index is 1.79. The van der Waals surface area contributed by atoms with Crippen molar-refractivity contribution in [3.05, 3.63) is 40.7 Å². The van der Waals surface area contributed by atoms with Crippen molar-refractivity contribution < 1.29 is 31.1 Å². The van der Waals surface area contributed by atoms with Crippen LogP contribution in [-0.2, 0) is 40.5 Å². The van der Waals surface area contributed by atoms with Crippen LogP contribution in [0.15, 0.2) is 23.1 Å². The van der Waals surface area contributed by atoms with Crippen LogP contribution in [0.5, 0.6) is 5.75 Å². The predicted molar refractivity (Wildman–Crippen MR) is 93.5 cm³/mol. The maximum absolute atomic E-state index is 13.2. The molecule has 0 spiro atoms. The summed E-state index contributed by atoms with van der Waals surface area (Å²) in [6.07, 6.45) is -4.30. The van der Waals surface area contributed by atoms with Crippen LogP contribution in [0.4, 0.5) is 13.2 Å². The Kier molecular flexibility index (Phi) is 5.69. The van der Waals surface area contributed by atoms with E-state index in [1.54, 1.807) is 19.1 Å². The van der Waals surface area contributed by atoms with E-state index in [9.17, 15) is 21.6 Å². The van der Waals surface area contributed by atoms with Gasteiger partial charge in [-0.15, -0.1) is 0 Å². The molecule has 0 unspecified atom stereocenters. The van der Waals surface area contributed by atoms with Crippen LogP contribution in [-0.4, -0.2) is 38.5 Å². The summed E-state index contributed by atoms with van der Waals surface area (Å²) in [4.78, 5) is -0.0260. The SMILES string of the molecule is COc1ccc(C)cc1S(=O)(=O)NCCn1nc(C(F)(F)F)c2c1CCOC2. The van der Waals surface area contributed by atoms with Gasteiger partial charge in [0.15, 0.2) is 5.69 Å². The second kappa shape index (κ2) is 7.72. The van der Waals surface area contributed by atoms with Crippen molar-refractivity contribution in [1.82, 2.24) is 14.5 Å². The van der Waals surface area contributed by atoms with Gasteiger partial charge in [-0.25, -0.2) is 13.1 Å². The Hall–Kier alpha value is -2.11. The molecule has 7 nitrogen and oxygen atoms in total. The number of ether oxygens (including phenoxy) is 2. The number of nitrogens with zero attached hydrogens (tertiary/aromatic N) is 2. The highest BCUT2D eigenvalue weighted by Crippen LogP contribution is 2.34. The lowest BCUT2D eigenvalue weighted by atomic mass is 10.1. The molecule has 0 amide bonds. The van der Waals surface area contributed by atoms with Crippen LogP contribution in [0.3, 0.4) is 0 Å². The average molecular weight is 419 g/mol. The number of aromatic nitrogens is 2. The van der Waals surface area contributed by atoms with Gasteiger partial charge in [0.1, 0.15) is 10.6 Å². The summed E-state index contributed by atoms with van der Waals surface area (Å²) >= 11 is 0. The second-order valence-corrected chi connectivity index (χ2v) is 8.08. The number of rotatable bonds is 6. The van der Waals surface area contributed by atoms with E-state index in [0.717, 1.165) is 5.56 Å². The maximum Gasteiger partial charge on any atom is 0.435 e. The van der Waals surface area contributed by atoms with E-state index in [-0.39, 0.29) is 42.3 Å². The number of methoxy groups -OCH3 is 1. The van der Waals surface area contributed by atoms with Crippen molar-refractivity contribution in [2.75, 3.05) is 20.3 Å². The van der Waals surface area contributed by atoms with Crippen molar-refractivity contribution >= 4 is 10.0 Å². The van der Waals surface area contributed by atoms with Gasteiger partial charge in [0.05, 0.1) is 26.9 Å². The maximum atomic E-state index is 13.2. The zero-order valence-corrected chi connectivity index (χ0v) is 16.2. The van der Waals surface area contributed by atoms with Crippen molar-refractivity contribution in [1.29, 1.82) is 0 Å². The first-order valence-electron chi connectivity index (χ1n) is 8.51. The number of alkyl halides is 3. The molecule has 2 aromatic rings. The molecule has 1 aromatic heterocycles. The molecule has 0 saturated carbocycles. The van der Waals surface area contributed by atoms with Gasteiger partial charge in [-0.3, -0.25) is 4.68 Å². The Morgan fingerprint density at radius 1 is 1.36 bits per heavy atom. The number of hydrogen-bond acceptors (Lipinski definition) is 5. The molecule has 0 aliphatic carbocycles. The van der Waals surface area contributed by atoms with E-state index in [1.807, 2.05) is 0 Å². The van der Waals surface area contributed by atoms with Crippen molar-refractivity contribution in [2.24, 2.45) is 0 Å². The second-order valence-electron chi connectivity index (χ2n) is 6.35. The minimum Gasteiger partial charge on any atom is -0.495 e. The zero-order chi connectivity index (χ0) is 20.5. The highest BCUT2D eigenvalue weighted by molar-refractivity contribution is 7.89. The normalized spacial score (nSPS) is 14.8. The number of nitrogens with one attached hydrogen (secondary N) is 1. The first-order chi connectivity index (χ1) is 13.1. The van der Waals surface area contributed by atoms with E-state index in [4.69, 9.17) is 9.47 Å². The van der Waals surface area contributed by atoms with Crippen molar-refractivity contribution in [3.63, 3.8) is 0 Å². The monoisotopic (exact) mass is 419 g/mol. The molecule has 0 bridgehead atoms. The molecule has 0 saturated heterocycles. The fraction of sp³-hybridized carbons (Fsp3) is 0.471. The Morgan fingerprint density at radius 3 is 2.79 bits per heavy atom. The van der Waals surface area contributed by atoms with E-state index in [1.165, 1.54) is 17.9 Å². The molecule has 0 fully saturated rings. The lowest BCUT2D eigenvalue weighted by Gasteiger charge is -2.16. The molecule has 1 N–H and O–H groups in total. The van der Waals surface area contributed by atoms with E-state index in [0.29, 0.717) is 12.3 Å². The summed E-state index contributed by atoms with van der Waals surface area (Å²) in [6, 6.07) is 4.73.